The quantitative estimate of drug-likeness (QED) is 0.867. The molecule has 2 N–H and O–H groups in total. The molecule has 0 saturated carbocycles. The monoisotopic (exact) mass is 295 g/mol. The summed E-state index contributed by atoms with van der Waals surface area (Å²) >= 11 is 0. The van der Waals surface area contributed by atoms with Gasteiger partial charge in [0.25, 0.3) is 5.91 Å². The fraction of sp³-hybridized carbons (Fsp3) is 0.125. The minimum Gasteiger partial charge on any atom is -0.480 e. The Morgan fingerprint density at radius 1 is 1.27 bits per heavy atom. The Morgan fingerprint density at radius 2 is 2.09 bits per heavy atom. The van der Waals surface area contributed by atoms with Gasteiger partial charge in [0.15, 0.2) is 0 Å². The van der Waals surface area contributed by atoms with Crippen molar-refractivity contribution in [3.63, 3.8) is 0 Å². The van der Waals surface area contributed by atoms with Crippen molar-refractivity contribution >= 4 is 11.9 Å². The fourth-order valence-electron chi connectivity index (χ4n) is 1.93. The second-order valence-electron chi connectivity index (χ2n) is 4.60. The van der Waals surface area contributed by atoms with Crippen LogP contribution in [0.5, 0.6) is 0 Å². The first-order valence-corrected chi connectivity index (χ1v) is 6.54. The zero-order chi connectivity index (χ0) is 15.9. The third kappa shape index (κ3) is 3.90. The van der Waals surface area contributed by atoms with Gasteiger partial charge in [0.1, 0.15) is 11.7 Å². The molecule has 0 fully saturated rings. The number of hydrogen-bond acceptors (Lipinski definition) is 4. The number of carbonyl (C=O) groups excluding carboxylic acids is 1. The highest BCUT2D eigenvalue weighted by atomic mass is 16.4. The predicted molar refractivity (Wildman–Crippen MR) is 78.0 cm³/mol. The molecule has 0 aliphatic carbocycles. The standard InChI is InChI=1S/C16H13N3O3/c17-10-12-5-3-4-11(8-12)9-14(16(21)22)19-15(20)13-6-1-2-7-18-13/h1-8,14H,9H2,(H,19,20)(H,21,22)/t14-/m1/s1. The van der Waals surface area contributed by atoms with Crippen LogP contribution in [0, 0.1) is 11.3 Å². The Balaban J connectivity index is 2.12. The molecule has 1 heterocycles. The lowest BCUT2D eigenvalue weighted by atomic mass is 10.0. The Morgan fingerprint density at radius 3 is 2.73 bits per heavy atom. The Hall–Kier alpha value is -3.20. The van der Waals surface area contributed by atoms with Crippen LogP contribution in [0.4, 0.5) is 0 Å². The highest BCUT2D eigenvalue weighted by Gasteiger charge is 2.21. The maximum Gasteiger partial charge on any atom is 0.326 e. The third-order valence-electron chi connectivity index (χ3n) is 3.00. The van der Waals surface area contributed by atoms with Gasteiger partial charge >= 0.3 is 5.97 Å². The molecule has 6 nitrogen and oxygen atoms in total. The summed E-state index contributed by atoms with van der Waals surface area (Å²) in [6, 6.07) is 12.3. The minimum atomic E-state index is -1.15. The summed E-state index contributed by atoms with van der Waals surface area (Å²) in [4.78, 5) is 27.2. The number of benzene rings is 1. The maximum absolute atomic E-state index is 12.0. The predicted octanol–water partition coefficient (Wildman–Crippen LogP) is 1.38. The van der Waals surface area contributed by atoms with Crippen LogP contribution < -0.4 is 5.32 Å². The van der Waals surface area contributed by atoms with E-state index in [1.54, 1.807) is 36.4 Å². The van der Waals surface area contributed by atoms with E-state index in [0.29, 0.717) is 11.1 Å². The number of aliphatic carboxylic acids is 1. The lowest BCUT2D eigenvalue weighted by Gasteiger charge is -2.14. The average Bonchev–Trinajstić information content (AvgIpc) is 2.55. The van der Waals surface area contributed by atoms with E-state index in [2.05, 4.69) is 10.3 Å². The molecule has 0 aliphatic rings. The van der Waals surface area contributed by atoms with Gasteiger partial charge in [0, 0.05) is 12.6 Å². The summed E-state index contributed by atoms with van der Waals surface area (Å²) in [5.41, 5.74) is 1.25. The van der Waals surface area contributed by atoms with Crippen LogP contribution in [0.15, 0.2) is 48.7 Å². The largest absolute Gasteiger partial charge is 0.480 e. The maximum atomic E-state index is 12.0. The van der Waals surface area contributed by atoms with E-state index in [1.165, 1.54) is 12.3 Å². The number of carbonyl (C=O) groups is 2. The van der Waals surface area contributed by atoms with Crippen LogP contribution in [0.1, 0.15) is 21.6 Å². The number of nitrogens with one attached hydrogen (secondary N) is 1. The lowest BCUT2D eigenvalue weighted by molar-refractivity contribution is -0.139. The zero-order valence-electron chi connectivity index (χ0n) is 11.6. The number of carboxylic acid groups (broad SMARTS) is 1. The Bertz CT molecular complexity index is 723. The third-order valence-corrected chi connectivity index (χ3v) is 3.00. The van der Waals surface area contributed by atoms with Crippen molar-refractivity contribution in [3.8, 4) is 6.07 Å². The Kier molecular flexibility index (Phi) is 4.83. The summed E-state index contributed by atoms with van der Waals surface area (Å²) in [5, 5.41) is 20.5. The second-order valence-corrected chi connectivity index (χ2v) is 4.60. The summed E-state index contributed by atoms with van der Waals surface area (Å²) in [6.07, 6.45) is 1.55. The first-order valence-electron chi connectivity index (χ1n) is 6.54. The van der Waals surface area contributed by atoms with Gasteiger partial charge in [-0.1, -0.05) is 18.2 Å². The number of nitriles is 1. The number of amides is 1. The van der Waals surface area contributed by atoms with E-state index in [0.717, 1.165) is 0 Å². The van der Waals surface area contributed by atoms with Crippen LogP contribution >= 0.6 is 0 Å². The lowest BCUT2D eigenvalue weighted by Crippen LogP contribution is -2.42. The van der Waals surface area contributed by atoms with Gasteiger partial charge in [-0.2, -0.15) is 5.26 Å². The molecule has 2 rings (SSSR count). The van der Waals surface area contributed by atoms with E-state index in [1.807, 2.05) is 6.07 Å². The molecular formula is C16H13N3O3. The molecular weight excluding hydrogens is 282 g/mol. The number of nitrogens with zero attached hydrogens (tertiary/aromatic N) is 2. The van der Waals surface area contributed by atoms with Crippen molar-refractivity contribution in [2.45, 2.75) is 12.5 Å². The molecule has 0 aliphatic heterocycles. The SMILES string of the molecule is N#Cc1cccc(C[C@@H](NC(=O)c2ccccn2)C(=O)O)c1. The van der Waals surface area contributed by atoms with Crippen molar-refractivity contribution in [1.29, 1.82) is 5.26 Å². The van der Waals surface area contributed by atoms with Gasteiger partial charge in [0.05, 0.1) is 11.6 Å². The molecule has 1 aromatic carbocycles. The highest BCUT2D eigenvalue weighted by Crippen LogP contribution is 2.08. The normalized spacial score (nSPS) is 11.2. The number of aromatic nitrogens is 1. The van der Waals surface area contributed by atoms with Crippen molar-refractivity contribution in [1.82, 2.24) is 10.3 Å². The van der Waals surface area contributed by atoms with E-state index in [-0.39, 0.29) is 12.1 Å². The van der Waals surface area contributed by atoms with Crippen LogP contribution in [-0.4, -0.2) is 28.0 Å². The van der Waals surface area contributed by atoms with Crippen molar-refractivity contribution in [2.75, 3.05) is 0 Å². The van der Waals surface area contributed by atoms with Gasteiger partial charge in [-0.05, 0) is 29.8 Å². The average molecular weight is 295 g/mol. The van der Waals surface area contributed by atoms with Gasteiger partial charge in [-0.25, -0.2) is 4.79 Å². The first kappa shape index (κ1) is 15.2. The van der Waals surface area contributed by atoms with Crippen LogP contribution in [0.25, 0.3) is 0 Å². The summed E-state index contributed by atoms with van der Waals surface area (Å²) in [6.45, 7) is 0. The van der Waals surface area contributed by atoms with Gasteiger partial charge in [-0.3, -0.25) is 9.78 Å². The molecule has 2 aromatic rings. The van der Waals surface area contributed by atoms with Crippen molar-refractivity contribution < 1.29 is 14.7 Å². The van der Waals surface area contributed by atoms with Gasteiger partial charge < -0.3 is 10.4 Å². The molecule has 1 atom stereocenters. The number of hydrogen-bond donors (Lipinski definition) is 2. The molecule has 0 unspecified atom stereocenters. The molecule has 0 bridgehead atoms. The minimum absolute atomic E-state index is 0.0867. The number of rotatable bonds is 5. The summed E-state index contributed by atoms with van der Waals surface area (Å²) < 4.78 is 0. The second kappa shape index (κ2) is 6.99. The van der Waals surface area contributed by atoms with E-state index >= 15 is 0 Å². The smallest absolute Gasteiger partial charge is 0.326 e. The summed E-state index contributed by atoms with van der Waals surface area (Å²) in [5.74, 6) is -1.70. The fourth-order valence-corrected chi connectivity index (χ4v) is 1.93. The topological polar surface area (TPSA) is 103 Å². The first-order chi connectivity index (χ1) is 10.6. The van der Waals surface area contributed by atoms with Gasteiger partial charge in [0.2, 0.25) is 0 Å². The molecule has 0 saturated heterocycles. The zero-order valence-corrected chi connectivity index (χ0v) is 11.6. The van der Waals surface area contributed by atoms with Crippen LogP contribution in [-0.2, 0) is 11.2 Å². The molecule has 0 spiro atoms. The highest BCUT2D eigenvalue weighted by molar-refractivity contribution is 5.94. The summed E-state index contributed by atoms with van der Waals surface area (Å²) in [7, 11) is 0. The molecule has 1 aromatic heterocycles. The van der Waals surface area contributed by atoms with E-state index in [4.69, 9.17) is 5.26 Å². The van der Waals surface area contributed by atoms with E-state index < -0.39 is 17.9 Å². The van der Waals surface area contributed by atoms with Crippen molar-refractivity contribution in [3.05, 3.63) is 65.5 Å². The molecule has 6 heteroatoms. The van der Waals surface area contributed by atoms with Crippen LogP contribution in [0.3, 0.4) is 0 Å². The molecule has 22 heavy (non-hydrogen) atoms. The number of carboxylic acids is 1. The molecule has 1 amide bonds. The molecule has 0 radical (unpaired) electrons. The van der Waals surface area contributed by atoms with Crippen molar-refractivity contribution in [2.24, 2.45) is 0 Å². The van der Waals surface area contributed by atoms with Gasteiger partial charge in [-0.15, -0.1) is 0 Å². The number of pyridine rings is 1. The van der Waals surface area contributed by atoms with E-state index in [9.17, 15) is 14.7 Å². The van der Waals surface area contributed by atoms with Crippen LogP contribution in [0.2, 0.25) is 0 Å². The molecule has 110 valence electrons. The Labute approximate surface area is 127 Å².